The smallest absolute Gasteiger partial charge is 0.322 e. The van der Waals surface area contributed by atoms with Crippen LogP contribution >= 0.6 is 15.9 Å². The van der Waals surface area contributed by atoms with Crippen molar-refractivity contribution in [3.8, 4) is 22.6 Å². The van der Waals surface area contributed by atoms with Crippen molar-refractivity contribution in [2.45, 2.75) is 33.0 Å². The van der Waals surface area contributed by atoms with E-state index in [1.165, 1.54) is 6.92 Å². The average Bonchev–Trinajstić information content (AvgIpc) is 3.03. The number of rotatable bonds is 11. The van der Waals surface area contributed by atoms with Gasteiger partial charge in [0.05, 0.1) is 19.1 Å². The number of hydrogen-bond donors (Lipinski definition) is 1. The average molecular weight is 650 g/mol. The Morgan fingerprint density at radius 3 is 2.09 bits per heavy atom. The Morgan fingerprint density at radius 1 is 0.750 bits per heavy atom. The van der Waals surface area contributed by atoms with Gasteiger partial charge in [-0.25, -0.2) is 0 Å². The lowest BCUT2D eigenvalue weighted by Gasteiger charge is -2.22. The second kappa shape index (κ2) is 14.6. The first-order valence-electron chi connectivity index (χ1n) is 14.3. The summed E-state index contributed by atoms with van der Waals surface area (Å²) in [5, 5.41) is 4.68. The van der Waals surface area contributed by atoms with Crippen LogP contribution in [0.3, 0.4) is 0 Å². The summed E-state index contributed by atoms with van der Waals surface area (Å²) in [6.45, 7) is 4.01. The number of hydrogen-bond acceptors (Lipinski definition) is 5. The molecule has 0 saturated carbocycles. The molecule has 0 aromatic heterocycles. The Morgan fingerprint density at radius 2 is 1.41 bits per heavy atom. The third kappa shape index (κ3) is 8.43. The summed E-state index contributed by atoms with van der Waals surface area (Å²) in [4.78, 5) is 30.6. The zero-order valence-corrected chi connectivity index (χ0v) is 26.2. The number of carbonyl (C=O) groups excluding carboxylic acids is 2. The molecule has 0 radical (unpaired) electrons. The van der Waals surface area contributed by atoms with Crippen molar-refractivity contribution >= 4 is 27.8 Å². The molecule has 0 bridgehead atoms. The van der Waals surface area contributed by atoms with Gasteiger partial charge in [-0.2, -0.15) is 0 Å². The predicted molar refractivity (Wildman–Crippen MR) is 176 cm³/mol. The van der Waals surface area contributed by atoms with Gasteiger partial charge in [-0.3, -0.25) is 9.59 Å². The van der Waals surface area contributed by atoms with E-state index in [2.05, 4.69) is 45.5 Å². The van der Waals surface area contributed by atoms with Gasteiger partial charge in [0.1, 0.15) is 11.5 Å². The van der Waals surface area contributed by atoms with Crippen LogP contribution in [0.2, 0.25) is 0 Å². The fourth-order valence-corrected chi connectivity index (χ4v) is 5.31. The third-order valence-electron chi connectivity index (χ3n) is 7.02. The molecule has 1 amide bonds. The number of para-hydroxylation sites is 1. The number of halogens is 1. The topological polar surface area (TPSA) is 67.9 Å². The number of nitrogens with one attached hydrogen (secondary N) is 1. The van der Waals surface area contributed by atoms with Crippen LogP contribution < -0.4 is 10.1 Å². The molecule has 0 saturated heterocycles. The monoisotopic (exact) mass is 648 g/mol. The van der Waals surface area contributed by atoms with E-state index in [4.69, 9.17) is 9.57 Å². The number of amides is 1. The van der Waals surface area contributed by atoms with Crippen molar-refractivity contribution in [2.75, 3.05) is 0 Å². The molecule has 5 aromatic carbocycles. The van der Waals surface area contributed by atoms with Crippen LogP contribution in [0.4, 0.5) is 0 Å². The highest BCUT2D eigenvalue weighted by atomic mass is 79.9. The van der Waals surface area contributed by atoms with Crippen LogP contribution in [-0.4, -0.2) is 16.9 Å². The Hall–Kier alpha value is -4.72. The summed E-state index contributed by atoms with van der Waals surface area (Å²) in [7, 11) is 0. The lowest BCUT2D eigenvalue weighted by Crippen LogP contribution is -2.27. The van der Waals surface area contributed by atoms with Gasteiger partial charge in [0, 0.05) is 17.0 Å². The van der Waals surface area contributed by atoms with Crippen LogP contribution in [-0.2, 0) is 22.7 Å². The van der Waals surface area contributed by atoms with E-state index in [-0.39, 0.29) is 11.9 Å². The largest absolute Gasteiger partial charge is 0.457 e. The molecule has 5 aromatic rings. The maximum absolute atomic E-state index is 13.1. The zero-order chi connectivity index (χ0) is 30.9. The molecule has 0 aliphatic heterocycles. The molecule has 0 fully saturated rings. The van der Waals surface area contributed by atoms with Crippen LogP contribution in [0.1, 0.15) is 46.9 Å². The molecule has 0 aliphatic rings. The minimum Gasteiger partial charge on any atom is -0.457 e. The maximum atomic E-state index is 13.1. The maximum Gasteiger partial charge on any atom is 0.322 e. The van der Waals surface area contributed by atoms with Crippen molar-refractivity contribution in [1.29, 1.82) is 0 Å². The van der Waals surface area contributed by atoms with Crippen LogP contribution in [0.25, 0.3) is 11.1 Å². The SMILES string of the molecule is CC(=O)ON(Cc1cccc(Oc2ccccc2)c1)Cc1ccc(C(=O)NC(C)c2ccc(-c3ccccc3)cc2)cc1Br. The summed E-state index contributed by atoms with van der Waals surface area (Å²) in [5.41, 5.74) is 5.60. The lowest BCUT2D eigenvalue weighted by molar-refractivity contribution is -0.194. The minimum atomic E-state index is -0.417. The van der Waals surface area contributed by atoms with Gasteiger partial charge in [0.25, 0.3) is 5.91 Å². The Kier molecular flexibility index (Phi) is 10.2. The first-order valence-corrected chi connectivity index (χ1v) is 15.1. The van der Waals surface area contributed by atoms with Gasteiger partial charge in [-0.15, -0.1) is 5.06 Å². The predicted octanol–water partition coefficient (Wildman–Crippen LogP) is 8.88. The Bertz CT molecular complexity index is 1710. The highest BCUT2D eigenvalue weighted by Crippen LogP contribution is 2.26. The van der Waals surface area contributed by atoms with Crippen LogP contribution in [0.5, 0.6) is 11.5 Å². The van der Waals surface area contributed by atoms with E-state index in [1.807, 2.05) is 97.9 Å². The molecule has 1 unspecified atom stereocenters. The Balaban J connectivity index is 1.22. The minimum absolute atomic E-state index is 0.174. The van der Waals surface area contributed by atoms with Crippen molar-refractivity contribution in [1.82, 2.24) is 10.4 Å². The van der Waals surface area contributed by atoms with Gasteiger partial charge < -0.3 is 14.9 Å². The molecule has 1 atom stereocenters. The molecule has 222 valence electrons. The molecule has 7 heteroatoms. The highest BCUT2D eigenvalue weighted by Gasteiger charge is 2.17. The quantitative estimate of drug-likeness (QED) is 0.145. The molecule has 6 nitrogen and oxygen atoms in total. The molecule has 5 rings (SSSR count). The number of carbonyl (C=O) groups is 2. The van der Waals surface area contributed by atoms with Crippen molar-refractivity contribution < 1.29 is 19.2 Å². The second-order valence-electron chi connectivity index (χ2n) is 10.4. The molecule has 0 heterocycles. The third-order valence-corrected chi connectivity index (χ3v) is 7.76. The fourth-order valence-electron chi connectivity index (χ4n) is 4.80. The molecular formula is C37H33BrN2O4. The van der Waals surface area contributed by atoms with E-state index in [9.17, 15) is 9.59 Å². The summed E-state index contributed by atoms with van der Waals surface area (Å²) in [5.74, 6) is 0.836. The molecule has 44 heavy (non-hydrogen) atoms. The second-order valence-corrected chi connectivity index (χ2v) is 11.3. The standard InChI is InChI=1S/C37H33BrN2O4/c1-26(29-16-18-31(19-17-29)30-11-5-3-6-12-30)39-37(42)32-20-21-33(36(38)23-32)25-40(44-27(2)41)24-28-10-9-15-35(22-28)43-34-13-7-4-8-14-34/h3-23,26H,24-25H2,1-2H3,(H,39,42). The van der Waals surface area contributed by atoms with Crippen molar-refractivity contribution in [2.24, 2.45) is 0 Å². The lowest BCUT2D eigenvalue weighted by atomic mass is 10.0. The number of hydroxylamine groups is 2. The number of benzene rings is 5. The first-order chi connectivity index (χ1) is 21.3. The van der Waals surface area contributed by atoms with Gasteiger partial charge in [-0.1, -0.05) is 107 Å². The number of ether oxygens (including phenoxy) is 1. The van der Waals surface area contributed by atoms with E-state index >= 15 is 0 Å². The molecular weight excluding hydrogens is 616 g/mol. The van der Waals surface area contributed by atoms with Gasteiger partial charge in [0.2, 0.25) is 0 Å². The van der Waals surface area contributed by atoms with Gasteiger partial charge >= 0.3 is 5.97 Å². The van der Waals surface area contributed by atoms with Crippen molar-refractivity contribution in [3.63, 3.8) is 0 Å². The molecule has 1 N–H and O–H groups in total. The fraction of sp³-hybridized carbons (Fsp3) is 0.135. The van der Waals surface area contributed by atoms with Crippen LogP contribution in [0.15, 0.2) is 132 Å². The Labute approximate surface area is 266 Å². The van der Waals surface area contributed by atoms with Gasteiger partial charge in [-0.05, 0) is 71.1 Å². The van der Waals surface area contributed by atoms with Gasteiger partial charge in [0.15, 0.2) is 0 Å². The summed E-state index contributed by atoms with van der Waals surface area (Å²) in [6.07, 6.45) is 0. The summed E-state index contributed by atoms with van der Waals surface area (Å²) < 4.78 is 6.70. The van der Waals surface area contributed by atoms with E-state index in [0.717, 1.165) is 38.0 Å². The molecule has 0 aliphatic carbocycles. The van der Waals surface area contributed by atoms with Crippen LogP contribution in [0, 0.1) is 0 Å². The first kappa shape index (κ1) is 30.7. The van der Waals surface area contributed by atoms with Crippen molar-refractivity contribution in [3.05, 3.63) is 154 Å². The summed E-state index contributed by atoms with van der Waals surface area (Å²) >= 11 is 3.62. The molecule has 0 spiro atoms. The summed E-state index contributed by atoms with van der Waals surface area (Å²) in [6, 6.07) is 40.9. The number of nitrogens with zero attached hydrogens (tertiary/aromatic N) is 1. The normalized spacial score (nSPS) is 11.5. The zero-order valence-electron chi connectivity index (χ0n) is 24.6. The van der Waals surface area contributed by atoms with E-state index in [0.29, 0.717) is 24.4 Å². The highest BCUT2D eigenvalue weighted by molar-refractivity contribution is 9.10. The van der Waals surface area contributed by atoms with E-state index in [1.54, 1.807) is 17.2 Å². The van der Waals surface area contributed by atoms with E-state index < -0.39 is 5.97 Å².